The van der Waals surface area contributed by atoms with Crippen LogP contribution < -0.4 is 0 Å². The lowest BCUT2D eigenvalue weighted by Gasteiger charge is -2.15. The Morgan fingerprint density at radius 2 is 2.29 bits per heavy atom. The Balaban J connectivity index is 2.38. The number of rotatable bonds is 1. The van der Waals surface area contributed by atoms with E-state index in [1.807, 2.05) is 0 Å². The Hall–Kier alpha value is -2.04. The van der Waals surface area contributed by atoms with Gasteiger partial charge in [-0.05, 0) is 12.2 Å². The lowest BCUT2D eigenvalue weighted by atomic mass is 10.0. The standard InChI is InChI=1S/C9H6N2O3/c12-8-2-1-6-7(11-8)3-5(4-10-6)9(13)14/h1-4,6H,(H,13,14). The SMILES string of the molecule is O=C1C=CC2N=CC(C(=O)O)=CC2=N1. The zero-order valence-corrected chi connectivity index (χ0v) is 7.04. The van der Waals surface area contributed by atoms with E-state index in [2.05, 4.69) is 9.98 Å². The molecule has 0 saturated heterocycles. The van der Waals surface area contributed by atoms with Crippen LogP contribution in [0.1, 0.15) is 0 Å². The monoisotopic (exact) mass is 190 g/mol. The van der Waals surface area contributed by atoms with Crippen molar-refractivity contribution in [3.63, 3.8) is 0 Å². The molecule has 2 rings (SSSR count). The van der Waals surface area contributed by atoms with Crippen LogP contribution in [0.2, 0.25) is 0 Å². The number of carboxylic acids is 1. The molecule has 5 nitrogen and oxygen atoms in total. The number of amides is 1. The Morgan fingerprint density at radius 3 is 3.00 bits per heavy atom. The molecule has 14 heavy (non-hydrogen) atoms. The molecule has 0 spiro atoms. The van der Waals surface area contributed by atoms with Gasteiger partial charge in [0, 0.05) is 12.3 Å². The molecule has 2 heterocycles. The fourth-order valence-corrected chi connectivity index (χ4v) is 1.22. The van der Waals surface area contributed by atoms with Gasteiger partial charge >= 0.3 is 5.97 Å². The van der Waals surface area contributed by atoms with Gasteiger partial charge in [0.15, 0.2) is 0 Å². The van der Waals surface area contributed by atoms with E-state index < -0.39 is 5.97 Å². The first-order valence-corrected chi connectivity index (χ1v) is 3.96. The van der Waals surface area contributed by atoms with Crippen LogP contribution in [0, 0.1) is 0 Å². The number of aliphatic carboxylic acids is 1. The van der Waals surface area contributed by atoms with Crippen molar-refractivity contribution in [2.45, 2.75) is 6.04 Å². The lowest BCUT2D eigenvalue weighted by molar-refractivity contribution is -0.132. The molecule has 0 aromatic rings. The van der Waals surface area contributed by atoms with Crippen molar-refractivity contribution in [2.24, 2.45) is 9.98 Å². The summed E-state index contributed by atoms with van der Waals surface area (Å²) in [7, 11) is 0. The third kappa shape index (κ3) is 1.39. The average molecular weight is 190 g/mol. The summed E-state index contributed by atoms with van der Waals surface area (Å²) in [4.78, 5) is 29.1. The third-order valence-electron chi connectivity index (χ3n) is 1.89. The Kier molecular flexibility index (Phi) is 1.85. The molecule has 0 bridgehead atoms. The highest BCUT2D eigenvalue weighted by Crippen LogP contribution is 2.12. The summed E-state index contributed by atoms with van der Waals surface area (Å²) in [6.45, 7) is 0. The summed E-state index contributed by atoms with van der Waals surface area (Å²) in [6.07, 6.45) is 5.55. The number of nitrogens with zero attached hydrogens (tertiary/aromatic N) is 2. The number of hydrogen-bond donors (Lipinski definition) is 1. The van der Waals surface area contributed by atoms with Crippen molar-refractivity contribution in [1.29, 1.82) is 0 Å². The summed E-state index contributed by atoms with van der Waals surface area (Å²) < 4.78 is 0. The van der Waals surface area contributed by atoms with Gasteiger partial charge in [0.1, 0.15) is 6.04 Å². The van der Waals surface area contributed by atoms with Gasteiger partial charge in [-0.3, -0.25) is 9.79 Å². The fraction of sp³-hybridized carbons (Fsp3) is 0.111. The molecule has 0 aromatic heterocycles. The van der Waals surface area contributed by atoms with Crippen molar-refractivity contribution in [2.75, 3.05) is 0 Å². The van der Waals surface area contributed by atoms with E-state index in [4.69, 9.17) is 5.11 Å². The molecule has 0 fully saturated rings. The van der Waals surface area contributed by atoms with Gasteiger partial charge in [-0.25, -0.2) is 9.79 Å². The van der Waals surface area contributed by atoms with E-state index in [0.717, 1.165) is 0 Å². The number of hydrogen-bond acceptors (Lipinski definition) is 3. The number of carbonyl (C=O) groups excluding carboxylic acids is 1. The quantitative estimate of drug-likeness (QED) is 0.631. The topological polar surface area (TPSA) is 79.1 Å². The smallest absolute Gasteiger partial charge is 0.337 e. The number of aliphatic imine (C=N–C) groups is 2. The van der Waals surface area contributed by atoms with E-state index in [1.54, 1.807) is 6.08 Å². The van der Waals surface area contributed by atoms with Crippen LogP contribution in [-0.2, 0) is 9.59 Å². The molecular formula is C9H6N2O3. The molecular weight excluding hydrogens is 184 g/mol. The van der Waals surface area contributed by atoms with Gasteiger partial charge in [0.2, 0.25) is 0 Å². The highest BCUT2D eigenvalue weighted by atomic mass is 16.4. The van der Waals surface area contributed by atoms with Gasteiger partial charge in [-0.1, -0.05) is 0 Å². The zero-order chi connectivity index (χ0) is 10.1. The van der Waals surface area contributed by atoms with E-state index in [9.17, 15) is 9.59 Å². The van der Waals surface area contributed by atoms with Gasteiger partial charge in [0.05, 0.1) is 11.3 Å². The minimum Gasteiger partial charge on any atom is -0.478 e. The maximum Gasteiger partial charge on any atom is 0.337 e. The second kappa shape index (κ2) is 3.02. The molecule has 1 amide bonds. The van der Waals surface area contributed by atoms with Crippen LogP contribution in [0.4, 0.5) is 0 Å². The molecule has 1 N–H and O–H groups in total. The molecule has 2 aliphatic rings. The molecule has 0 aliphatic carbocycles. The third-order valence-corrected chi connectivity index (χ3v) is 1.89. The predicted molar refractivity (Wildman–Crippen MR) is 49.6 cm³/mol. The van der Waals surface area contributed by atoms with Crippen LogP contribution >= 0.6 is 0 Å². The van der Waals surface area contributed by atoms with Gasteiger partial charge in [-0.15, -0.1) is 0 Å². The highest BCUT2D eigenvalue weighted by Gasteiger charge is 2.21. The Bertz CT molecular complexity index is 429. The minimum absolute atomic E-state index is 0.0445. The van der Waals surface area contributed by atoms with Crippen molar-refractivity contribution in [3.8, 4) is 0 Å². The van der Waals surface area contributed by atoms with E-state index in [-0.39, 0.29) is 17.5 Å². The minimum atomic E-state index is -1.07. The van der Waals surface area contributed by atoms with Crippen LogP contribution in [0.5, 0.6) is 0 Å². The van der Waals surface area contributed by atoms with Gasteiger partial charge in [-0.2, -0.15) is 0 Å². The molecule has 0 aromatic carbocycles. The zero-order valence-electron chi connectivity index (χ0n) is 7.04. The average Bonchev–Trinajstić information content (AvgIpc) is 2.16. The van der Waals surface area contributed by atoms with E-state index >= 15 is 0 Å². The maximum atomic E-state index is 10.9. The summed E-state index contributed by atoms with van der Waals surface area (Å²) in [5.74, 6) is -1.45. The number of fused-ring (bicyclic) bond motifs is 1. The second-order valence-electron chi connectivity index (χ2n) is 2.86. The summed E-state index contributed by atoms with van der Waals surface area (Å²) in [6, 6.07) is -0.309. The first-order chi connectivity index (χ1) is 6.66. The number of carboxylic acid groups (broad SMARTS) is 1. The van der Waals surface area contributed by atoms with Gasteiger partial charge < -0.3 is 5.11 Å². The molecule has 1 atom stereocenters. The second-order valence-corrected chi connectivity index (χ2v) is 2.86. The normalized spacial score (nSPS) is 24.0. The lowest BCUT2D eigenvalue weighted by Crippen LogP contribution is -2.25. The van der Waals surface area contributed by atoms with Crippen LogP contribution in [0.15, 0.2) is 33.8 Å². The molecule has 5 heteroatoms. The van der Waals surface area contributed by atoms with Crippen molar-refractivity contribution in [1.82, 2.24) is 0 Å². The molecule has 0 saturated carbocycles. The highest BCUT2D eigenvalue weighted by molar-refractivity contribution is 6.21. The van der Waals surface area contributed by atoms with Crippen LogP contribution in [-0.4, -0.2) is 35.0 Å². The van der Waals surface area contributed by atoms with Gasteiger partial charge in [0.25, 0.3) is 5.91 Å². The van der Waals surface area contributed by atoms with Crippen molar-refractivity contribution >= 4 is 23.8 Å². The molecule has 2 aliphatic heterocycles. The summed E-state index contributed by atoms with van der Waals surface area (Å²) >= 11 is 0. The summed E-state index contributed by atoms with van der Waals surface area (Å²) in [5, 5.41) is 8.68. The van der Waals surface area contributed by atoms with Crippen LogP contribution in [0.25, 0.3) is 0 Å². The number of carbonyl (C=O) groups is 2. The van der Waals surface area contributed by atoms with Crippen molar-refractivity contribution in [3.05, 3.63) is 23.8 Å². The molecule has 0 radical (unpaired) electrons. The number of dihydropyridines is 2. The first kappa shape index (κ1) is 8.55. The summed E-state index contributed by atoms with van der Waals surface area (Å²) in [5.41, 5.74) is 0.431. The maximum absolute atomic E-state index is 10.9. The van der Waals surface area contributed by atoms with E-state index in [1.165, 1.54) is 18.4 Å². The first-order valence-electron chi connectivity index (χ1n) is 3.96. The van der Waals surface area contributed by atoms with E-state index in [0.29, 0.717) is 5.71 Å². The molecule has 70 valence electrons. The van der Waals surface area contributed by atoms with Crippen LogP contribution in [0.3, 0.4) is 0 Å². The predicted octanol–water partition coefficient (Wildman–Crippen LogP) is -0.0122. The van der Waals surface area contributed by atoms with Crippen molar-refractivity contribution < 1.29 is 14.7 Å². The molecule has 1 unspecified atom stereocenters. The Morgan fingerprint density at radius 1 is 1.50 bits per heavy atom. The largest absolute Gasteiger partial charge is 0.478 e. The Labute approximate surface area is 79.2 Å². The fourth-order valence-electron chi connectivity index (χ4n) is 1.22.